The highest BCUT2D eigenvalue weighted by atomic mass is 14.8. The highest BCUT2D eigenvalue weighted by molar-refractivity contribution is 5.45. The number of rotatable bonds is 2. The molecule has 1 aromatic rings. The third-order valence-corrected chi connectivity index (χ3v) is 1.18. The van der Waals surface area contributed by atoms with Crippen molar-refractivity contribution >= 4 is 6.08 Å². The van der Waals surface area contributed by atoms with Crippen molar-refractivity contribution in [2.24, 2.45) is 0 Å². The number of aromatic nitrogens is 2. The van der Waals surface area contributed by atoms with Gasteiger partial charge in [-0.2, -0.15) is 0 Å². The van der Waals surface area contributed by atoms with E-state index in [0.717, 1.165) is 11.4 Å². The minimum atomic E-state index is 0.866. The van der Waals surface area contributed by atoms with Gasteiger partial charge in [-0.3, -0.25) is 9.97 Å². The first kappa shape index (κ1) is 7.66. The van der Waals surface area contributed by atoms with Crippen molar-refractivity contribution in [3.63, 3.8) is 0 Å². The van der Waals surface area contributed by atoms with Crippen molar-refractivity contribution in [1.82, 2.24) is 9.97 Å². The predicted molar refractivity (Wildman–Crippen MR) is 46.0 cm³/mol. The summed E-state index contributed by atoms with van der Waals surface area (Å²) in [7, 11) is 0. The van der Waals surface area contributed by atoms with Gasteiger partial charge in [-0.25, -0.2) is 0 Å². The van der Waals surface area contributed by atoms with E-state index >= 15 is 0 Å². The zero-order chi connectivity index (χ0) is 8.10. The first-order valence-electron chi connectivity index (χ1n) is 3.40. The third kappa shape index (κ3) is 2.34. The van der Waals surface area contributed by atoms with E-state index in [4.69, 9.17) is 0 Å². The predicted octanol–water partition coefficient (Wildman–Crippen LogP) is 1.98. The van der Waals surface area contributed by atoms with Gasteiger partial charge in [0.15, 0.2) is 0 Å². The Bertz CT molecular complexity index is 277. The van der Waals surface area contributed by atoms with Gasteiger partial charge in [0.05, 0.1) is 17.6 Å². The Kier molecular flexibility index (Phi) is 2.55. The molecule has 1 heterocycles. The second-order valence-corrected chi connectivity index (χ2v) is 2.18. The summed E-state index contributed by atoms with van der Waals surface area (Å²) in [5, 5.41) is 0. The Labute approximate surface area is 66.3 Å². The van der Waals surface area contributed by atoms with Crippen LogP contribution in [0.3, 0.4) is 0 Å². The Morgan fingerprint density at radius 2 is 2.27 bits per heavy atom. The molecule has 2 heteroatoms. The number of allylic oxidation sites excluding steroid dienone is 2. The summed E-state index contributed by atoms with van der Waals surface area (Å²) in [6.45, 7) is 5.48. The first-order valence-corrected chi connectivity index (χ1v) is 3.40. The molecular formula is C9H10N2. The second-order valence-electron chi connectivity index (χ2n) is 2.18. The lowest BCUT2D eigenvalue weighted by Crippen LogP contribution is -1.86. The summed E-state index contributed by atoms with van der Waals surface area (Å²) in [4.78, 5) is 8.20. The molecule has 0 N–H and O–H groups in total. The largest absolute Gasteiger partial charge is 0.261 e. The minimum Gasteiger partial charge on any atom is -0.261 e. The SMILES string of the molecule is C=C/C=C/c1cncc(C)n1. The molecule has 0 spiro atoms. The number of nitrogens with zero attached hydrogens (tertiary/aromatic N) is 2. The van der Waals surface area contributed by atoms with Crippen molar-refractivity contribution in [2.45, 2.75) is 6.92 Å². The van der Waals surface area contributed by atoms with Crippen LogP contribution in [0.15, 0.2) is 31.1 Å². The Morgan fingerprint density at radius 1 is 1.45 bits per heavy atom. The summed E-state index contributed by atoms with van der Waals surface area (Å²) in [6.07, 6.45) is 8.86. The molecule has 0 unspecified atom stereocenters. The standard InChI is InChI=1S/C9H10N2/c1-3-4-5-9-7-10-6-8(2)11-9/h3-7H,1H2,2H3/b5-4+. The van der Waals surface area contributed by atoms with E-state index in [2.05, 4.69) is 16.5 Å². The van der Waals surface area contributed by atoms with Crippen LogP contribution in [0.5, 0.6) is 0 Å². The first-order chi connectivity index (χ1) is 5.33. The summed E-state index contributed by atoms with van der Waals surface area (Å²) >= 11 is 0. The van der Waals surface area contributed by atoms with Gasteiger partial charge in [-0.1, -0.05) is 18.7 Å². The van der Waals surface area contributed by atoms with Gasteiger partial charge in [-0.15, -0.1) is 0 Å². The molecule has 0 bridgehead atoms. The zero-order valence-corrected chi connectivity index (χ0v) is 6.49. The maximum atomic E-state index is 4.21. The summed E-state index contributed by atoms with van der Waals surface area (Å²) in [5.41, 5.74) is 1.79. The van der Waals surface area contributed by atoms with E-state index in [0.29, 0.717) is 0 Å². The van der Waals surface area contributed by atoms with E-state index in [-0.39, 0.29) is 0 Å². The molecule has 0 aliphatic heterocycles. The van der Waals surface area contributed by atoms with Crippen molar-refractivity contribution in [1.29, 1.82) is 0 Å². The van der Waals surface area contributed by atoms with Crippen LogP contribution in [0.25, 0.3) is 6.08 Å². The van der Waals surface area contributed by atoms with Gasteiger partial charge >= 0.3 is 0 Å². The topological polar surface area (TPSA) is 25.8 Å². The number of hydrogen-bond donors (Lipinski definition) is 0. The van der Waals surface area contributed by atoms with E-state index in [1.165, 1.54) is 0 Å². The lowest BCUT2D eigenvalue weighted by Gasteiger charge is -1.91. The highest BCUT2D eigenvalue weighted by Crippen LogP contribution is 1.96. The Hall–Kier alpha value is -1.44. The van der Waals surface area contributed by atoms with Crippen LogP contribution in [0, 0.1) is 6.92 Å². The fourth-order valence-electron chi connectivity index (χ4n) is 0.730. The molecule has 1 rings (SSSR count). The molecule has 1 aromatic heterocycles. The molecule has 56 valence electrons. The smallest absolute Gasteiger partial charge is 0.0816 e. The van der Waals surface area contributed by atoms with Crippen LogP contribution in [0.1, 0.15) is 11.4 Å². The Balaban J connectivity index is 2.87. The Morgan fingerprint density at radius 3 is 2.91 bits per heavy atom. The molecule has 0 radical (unpaired) electrons. The maximum absolute atomic E-state index is 4.21. The molecule has 2 nitrogen and oxygen atoms in total. The average molecular weight is 146 g/mol. The molecule has 0 fully saturated rings. The third-order valence-electron chi connectivity index (χ3n) is 1.18. The highest BCUT2D eigenvalue weighted by Gasteiger charge is 1.87. The van der Waals surface area contributed by atoms with Crippen LogP contribution in [0.2, 0.25) is 0 Å². The quantitative estimate of drug-likeness (QED) is 0.596. The summed E-state index contributed by atoms with van der Waals surface area (Å²) < 4.78 is 0. The maximum Gasteiger partial charge on any atom is 0.0816 e. The lowest BCUT2D eigenvalue weighted by atomic mass is 10.3. The van der Waals surface area contributed by atoms with Gasteiger partial charge < -0.3 is 0 Å². The van der Waals surface area contributed by atoms with E-state index in [1.54, 1.807) is 18.5 Å². The van der Waals surface area contributed by atoms with E-state index in [1.807, 2.05) is 19.1 Å². The van der Waals surface area contributed by atoms with Crippen LogP contribution < -0.4 is 0 Å². The minimum absolute atomic E-state index is 0.866. The van der Waals surface area contributed by atoms with Gasteiger partial charge in [0.25, 0.3) is 0 Å². The van der Waals surface area contributed by atoms with Crippen molar-refractivity contribution in [3.8, 4) is 0 Å². The number of aryl methyl sites for hydroxylation is 1. The molecule has 0 saturated carbocycles. The zero-order valence-electron chi connectivity index (χ0n) is 6.49. The van der Waals surface area contributed by atoms with Crippen LogP contribution in [-0.2, 0) is 0 Å². The normalized spacial score (nSPS) is 10.3. The van der Waals surface area contributed by atoms with Crippen molar-refractivity contribution < 1.29 is 0 Å². The number of hydrogen-bond acceptors (Lipinski definition) is 2. The molecule has 0 aliphatic rings. The summed E-state index contributed by atoms with van der Waals surface area (Å²) in [6, 6.07) is 0. The van der Waals surface area contributed by atoms with Gasteiger partial charge in [0.1, 0.15) is 0 Å². The molecule has 0 aromatic carbocycles. The molecule has 11 heavy (non-hydrogen) atoms. The van der Waals surface area contributed by atoms with E-state index in [9.17, 15) is 0 Å². The summed E-state index contributed by atoms with van der Waals surface area (Å²) in [5.74, 6) is 0. The molecule has 0 amide bonds. The van der Waals surface area contributed by atoms with Crippen LogP contribution in [0.4, 0.5) is 0 Å². The van der Waals surface area contributed by atoms with E-state index < -0.39 is 0 Å². The second kappa shape index (κ2) is 3.66. The fourth-order valence-corrected chi connectivity index (χ4v) is 0.730. The molecular weight excluding hydrogens is 136 g/mol. The molecule has 0 aliphatic carbocycles. The fraction of sp³-hybridized carbons (Fsp3) is 0.111. The molecule has 0 saturated heterocycles. The van der Waals surface area contributed by atoms with Gasteiger partial charge in [0.2, 0.25) is 0 Å². The monoisotopic (exact) mass is 146 g/mol. The van der Waals surface area contributed by atoms with Gasteiger partial charge in [0, 0.05) is 6.20 Å². The lowest BCUT2D eigenvalue weighted by molar-refractivity contribution is 1.10. The molecule has 0 atom stereocenters. The van der Waals surface area contributed by atoms with Crippen LogP contribution in [-0.4, -0.2) is 9.97 Å². The van der Waals surface area contributed by atoms with Crippen molar-refractivity contribution in [2.75, 3.05) is 0 Å². The average Bonchev–Trinajstić information content (AvgIpc) is 2.01. The van der Waals surface area contributed by atoms with Gasteiger partial charge in [-0.05, 0) is 13.0 Å². The van der Waals surface area contributed by atoms with Crippen molar-refractivity contribution in [3.05, 3.63) is 42.5 Å². The van der Waals surface area contributed by atoms with Crippen LogP contribution >= 0.6 is 0 Å².